The van der Waals surface area contributed by atoms with Crippen LogP contribution in [0.25, 0.3) is 0 Å². The van der Waals surface area contributed by atoms with Crippen LogP contribution in [0.1, 0.15) is 25.5 Å². The van der Waals surface area contributed by atoms with Crippen molar-refractivity contribution in [1.82, 2.24) is 5.32 Å². The summed E-state index contributed by atoms with van der Waals surface area (Å²) >= 11 is 6.09. The monoisotopic (exact) mass is 267 g/mol. The summed E-state index contributed by atoms with van der Waals surface area (Å²) in [6, 6.07) is 7.66. The molecule has 1 atom stereocenters. The van der Waals surface area contributed by atoms with Crippen molar-refractivity contribution in [3.63, 3.8) is 0 Å². The zero-order valence-electron chi connectivity index (χ0n) is 10.7. The van der Waals surface area contributed by atoms with E-state index in [1.807, 2.05) is 31.2 Å². The maximum Gasteiger partial charge on any atom is 0.334 e. The summed E-state index contributed by atoms with van der Waals surface area (Å²) in [5.74, 6) is -0.364. The van der Waals surface area contributed by atoms with Crippen molar-refractivity contribution in [3.8, 4) is 0 Å². The number of carbonyl (C=O) groups is 1. The van der Waals surface area contributed by atoms with Crippen LogP contribution < -0.4 is 5.32 Å². The Balaban J connectivity index is 2.52. The maximum absolute atomic E-state index is 11.4. The summed E-state index contributed by atoms with van der Waals surface area (Å²) in [6.45, 7) is 8.19. The molecule has 1 aromatic rings. The molecule has 0 amide bonds. The van der Waals surface area contributed by atoms with E-state index in [0.717, 1.165) is 5.56 Å². The van der Waals surface area contributed by atoms with Gasteiger partial charge >= 0.3 is 5.97 Å². The molecule has 0 radical (unpaired) electrons. The van der Waals surface area contributed by atoms with E-state index in [1.54, 1.807) is 6.92 Å². The van der Waals surface area contributed by atoms with Crippen molar-refractivity contribution in [2.75, 3.05) is 13.2 Å². The minimum atomic E-state index is -0.364. The summed E-state index contributed by atoms with van der Waals surface area (Å²) in [6.07, 6.45) is 0. The highest BCUT2D eigenvalue weighted by Crippen LogP contribution is 2.22. The van der Waals surface area contributed by atoms with Gasteiger partial charge in [0.1, 0.15) is 0 Å². The summed E-state index contributed by atoms with van der Waals surface area (Å²) in [5.41, 5.74) is 1.41. The van der Waals surface area contributed by atoms with E-state index < -0.39 is 0 Å². The van der Waals surface area contributed by atoms with Crippen LogP contribution in [0.2, 0.25) is 5.02 Å². The molecule has 0 aromatic heterocycles. The van der Waals surface area contributed by atoms with Gasteiger partial charge in [0.05, 0.1) is 6.61 Å². The first-order chi connectivity index (χ1) is 8.56. The minimum absolute atomic E-state index is 0.0462. The van der Waals surface area contributed by atoms with Gasteiger partial charge in [-0.1, -0.05) is 36.4 Å². The quantitative estimate of drug-likeness (QED) is 0.636. The number of halogens is 1. The van der Waals surface area contributed by atoms with E-state index in [4.69, 9.17) is 16.3 Å². The van der Waals surface area contributed by atoms with Gasteiger partial charge in [-0.05, 0) is 25.5 Å². The van der Waals surface area contributed by atoms with Crippen LogP contribution >= 0.6 is 11.6 Å². The van der Waals surface area contributed by atoms with Gasteiger partial charge in [-0.15, -0.1) is 0 Å². The summed E-state index contributed by atoms with van der Waals surface area (Å²) in [5, 5.41) is 3.90. The van der Waals surface area contributed by atoms with E-state index in [9.17, 15) is 4.79 Å². The van der Waals surface area contributed by atoms with Crippen LogP contribution in [0.4, 0.5) is 0 Å². The molecular weight excluding hydrogens is 250 g/mol. The zero-order chi connectivity index (χ0) is 13.5. The lowest BCUT2D eigenvalue weighted by atomic mass is 10.1. The first-order valence-electron chi connectivity index (χ1n) is 5.89. The van der Waals surface area contributed by atoms with Gasteiger partial charge in [-0.2, -0.15) is 0 Å². The molecule has 0 aliphatic carbocycles. The molecule has 4 heteroatoms. The third kappa shape index (κ3) is 4.17. The van der Waals surface area contributed by atoms with E-state index in [1.165, 1.54) is 0 Å². The average Bonchev–Trinajstić information content (AvgIpc) is 2.36. The second-order valence-electron chi connectivity index (χ2n) is 3.95. The SMILES string of the molecule is C=C(CNC(C)c1ccccc1Cl)C(=O)OCC. The molecule has 0 heterocycles. The van der Waals surface area contributed by atoms with Crippen molar-refractivity contribution < 1.29 is 9.53 Å². The normalized spacial score (nSPS) is 11.9. The standard InChI is InChI=1S/C14H18ClNO2/c1-4-18-14(17)10(2)9-16-11(3)12-7-5-6-8-13(12)15/h5-8,11,16H,2,4,9H2,1,3H3. The predicted octanol–water partition coefficient (Wildman–Crippen LogP) is 3.11. The Kier molecular flexibility index (Phi) is 5.89. The average molecular weight is 268 g/mol. The highest BCUT2D eigenvalue weighted by molar-refractivity contribution is 6.31. The molecule has 98 valence electrons. The molecule has 3 nitrogen and oxygen atoms in total. The van der Waals surface area contributed by atoms with Crippen molar-refractivity contribution in [1.29, 1.82) is 0 Å². The third-order valence-electron chi connectivity index (χ3n) is 2.56. The van der Waals surface area contributed by atoms with E-state index in [2.05, 4.69) is 11.9 Å². The third-order valence-corrected chi connectivity index (χ3v) is 2.90. The fourth-order valence-electron chi connectivity index (χ4n) is 1.52. The van der Waals surface area contributed by atoms with Gasteiger partial charge < -0.3 is 10.1 Å². The maximum atomic E-state index is 11.4. The van der Waals surface area contributed by atoms with Gasteiger partial charge in [0.25, 0.3) is 0 Å². The van der Waals surface area contributed by atoms with Gasteiger partial charge in [-0.3, -0.25) is 0 Å². The lowest BCUT2D eigenvalue weighted by Crippen LogP contribution is -2.24. The van der Waals surface area contributed by atoms with Crippen LogP contribution in [-0.4, -0.2) is 19.1 Å². The fraction of sp³-hybridized carbons (Fsp3) is 0.357. The lowest BCUT2D eigenvalue weighted by molar-refractivity contribution is -0.138. The molecular formula is C14H18ClNO2. The van der Waals surface area contributed by atoms with E-state index >= 15 is 0 Å². The smallest absolute Gasteiger partial charge is 0.334 e. The van der Waals surface area contributed by atoms with E-state index in [-0.39, 0.29) is 12.0 Å². The fourth-order valence-corrected chi connectivity index (χ4v) is 1.82. The molecule has 0 spiro atoms. The molecule has 0 aliphatic heterocycles. The Hall–Kier alpha value is -1.32. The molecule has 0 aliphatic rings. The molecule has 1 unspecified atom stereocenters. The Morgan fingerprint density at radius 2 is 2.17 bits per heavy atom. The Labute approximate surface area is 113 Å². The van der Waals surface area contributed by atoms with Gasteiger partial charge in [0.2, 0.25) is 0 Å². The number of hydrogen-bond donors (Lipinski definition) is 1. The number of carbonyl (C=O) groups excluding carboxylic acids is 1. The molecule has 1 N–H and O–H groups in total. The van der Waals surface area contributed by atoms with Crippen LogP contribution in [0.5, 0.6) is 0 Å². The van der Waals surface area contributed by atoms with Gasteiger partial charge in [0, 0.05) is 23.2 Å². The minimum Gasteiger partial charge on any atom is -0.463 e. The van der Waals surface area contributed by atoms with Crippen LogP contribution in [-0.2, 0) is 9.53 Å². The highest BCUT2D eigenvalue weighted by Gasteiger charge is 2.12. The van der Waals surface area contributed by atoms with Crippen molar-refractivity contribution in [2.45, 2.75) is 19.9 Å². The predicted molar refractivity (Wildman–Crippen MR) is 73.6 cm³/mol. The molecule has 0 fully saturated rings. The Morgan fingerprint density at radius 1 is 1.50 bits per heavy atom. The molecule has 0 bridgehead atoms. The topological polar surface area (TPSA) is 38.3 Å². The second kappa shape index (κ2) is 7.19. The van der Waals surface area contributed by atoms with Gasteiger partial charge in [-0.25, -0.2) is 4.79 Å². The van der Waals surface area contributed by atoms with Crippen molar-refractivity contribution >= 4 is 17.6 Å². The number of benzene rings is 1. The number of rotatable bonds is 6. The van der Waals surface area contributed by atoms with Crippen LogP contribution in [0, 0.1) is 0 Å². The Morgan fingerprint density at radius 3 is 2.78 bits per heavy atom. The molecule has 1 aromatic carbocycles. The molecule has 1 rings (SSSR count). The first kappa shape index (κ1) is 14.7. The highest BCUT2D eigenvalue weighted by atomic mass is 35.5. The van der Waals surface area contributed by atoms with E-state index in [0.29, 0.717) is 23.7 Å². The van der Waals surface area contributed by atoms with Crippen LogP contribution in [0.15, 0.2) is 36.4 Å². The van der Waals surface area contributed by atoms with Crippen molar-refractivity contribution in [2.24, 2.45) is 0 Å². The van der Waals surface area contributed by atoms with Crippen LogP contribution in [0.3, 0.4) is 0 Å². The van der Waals surface area contributed by atoms with Crippen molar-refractivity contribution in [3.05, 3.63) is 47.0 Å². The number of ether oxygens (including phenoxy) is 1. The molecule has 0 saturated heterocycles. The Bertz CT molecular complexity index is 432. The summed E-state index contributed by atoms with van der Waals surface area (Å²) in [4.78, 5) is 11.4. The lowest BCUT2D eigenvalue weighted by Gasteiger charge is -2.16. The second-order valence-corrected chi connectivity index (χ2v) is 4.36. The van der Waals surface area contributed by atoms with Gasteiger partial charge in [0.15, 0.2) is 0 Å². The zero-order valence-corrected chi connectivity index (χ0v) is 11.5. The summed E-state index contributed by atoms with van der Waals surface area (Å²) < 4.78 is 4.86. The number of hydrogen-bond acceptors (Lipinski definition) is 3. The molecule has 0 saturated carbocycles. The summed E-state index contributed by atoms with van der Waals surface area (Å²) in [7, 11) is 0. The number of nitrogens with one attached hydrogen (secondary N) is 1. The molecule has 18 heavy (non-hydrogen) atoms. The number of esters is 1. The largest absolute Gasteiger partial charge is 0.463 e. The first-order valence-corrected chi connectivity index (χ1v) is 6.26.